The number of rotatable bonds is 5. The summed E-state index contributed by atoms with van der Waals surface area (Å²) in [6, 6.07) is 2.80. The fourth-order valence-corrected chi connectivity index (χ4v) is 4.26. The Hall–Kier alpha value is -0.370. The molecule has 1 aromatic carbocycles. The Labute approximate surface area is 134 Å². The summed E-state index contributed by atoms with van der Waals surface area (Å²) in [4.78, 5) is -0.0180. The van der Waals surface area contributed by atoms with E-state index in [1.165, 1.54) is 12.1 Å². The number of sulfonamides is 1. The lowest BCUT2D eigenvalue weighted by atomic mass is 10.0. The van der Waals surface area contributed by atoms with Gasteiger partial charge in [0.1, 0.15) is 4.90 Å². The number of hydrogen-bond donors (Lipinski definition) is 2. The van der Waals surface area contributed by atoms with Gasteiger partial charge in [0.05, 0.1) is 10.6 Å². The summed E-state index contributed by atoms with van der Waals surface area (Å²) in [6.07, 6.45) is 1.75. The van der Waals surface area contributed by atoms with E-state index in [0.29, 0.717) is 17.2 Å². The fraction of sp³-hybridized carbons (Fsp3) is 0.538. The second-order valence-electron chi connectivity index (χ2n) is 5.30. The van der Waals surface area contributed by atoms with Gasteiger partial charge in [-0.3, -0.25) is 0 Å². The van der Waals surface area contributed by atoms with E-state index in [9.17, 15) is 8.42 Å². The minimum atomic E-state index is -3.74. The van der Waals surface area contributed by atoms with Crippen molar-refractivity contribution in [2.45, 2.75) is 36.8 Å². The molecule has 1 aliphatic rings. The van der Waals surface area contributed by atoms with Crippen LogP contribution < -0.4 is 10.5 Å². The molecule has 0 aromatic heterocycles. The average Bonchev–Trinajstić information content (AvgIpc) is 2.84. The number of benzene rings is 1. The molecule has 5 nitrogen and oxygen atoms in total. The van der Waals surface area contributed by atoms with Gasteiger partial charge in [0.25, 0.3) is 0 Å². The van der Waals surface area contributed by atoms with Crippen LogP contribution in [0.25, 0.3) is 0 Å². The molecule has 0 spiro atoms. The third-order valence-corrected chi connectivity index (χ3v) is 5.76. The molecule has 0 aliphatic carbocycles. The van der Waals surface area contributed by atoms with Gasteiger partial charge in [-0.15, -0.1) is 0 Å². The van der Waals surface area contributed by atoms with E-state index < -0.39 is 15.6 Å². The Morgan fingerprint density at radius 3 is 2.67 bits per heavy atom. The standard InChI is InChI=1S/C13H18Cl2N2O3S/c1-13(3-2-4-20-13)8-17-21(18,19)12-5-9(7-16)10(14)6-11(12)15/h5-6,17H,2-4,7-8,16H2,1H3. The van der Waals surface area contributed by atoms with Crippen LogP contribution in [0.1, 0.15) is 25.3 Å². The minimum absolute atomic E-state index is 0.0180. The highest BCUT2D eigenvalue weighted by molar-refractivity contribution is 7.89. The summed E-state index contributed by atoms with van der Waals surface area (Å²) in [7, 11) is -3.74. The lowest BCUT2D eigenvalue weighted by Gasteiger charge is -2.23. The van der Waals surface area contributed by atoms with Gasteiger partial charge >= 0.3 is 0 Å². The van der Waals surface area contributed by atoms with Crippen molar-refractivity contribution >= 4 is 33.2 Å². The van der Waals surface area contributed by atoms with Gasteiger partial charge in [0, 0.05) is 24.7 Å². The van der Waals surface area contributed by atoms with E-state index >= 15 is 0 Å². The monoisotopic (exact) mass is 352 g/mol. The Balaban J connectivity index is 2.23. The zero-order valence-electron chi connectivity index (χ0n) is 11.7. The maximum Gasteiger partial charge on any atom is 0.242 e. The number of hydrogen-bond acceptors (Lipinski definition) is 4. The van der Waals surface area contributed by atoms with E-state index in [4.69, 9.17) is 33.7 Å². The summed E-state index contributed by atoms with van der Waals surface area (Å²) in [5.74, 6) is 0. The molecule has 1 fully saturated rings. The van der Waals surface area contributed by atoms with Crippen molar-refractivity contribution in [3.05, 3.63) is 27.7 Å². The Morgan fingerprint density at radius 2 is 2.10 bits per heavy atom. The predicted octanol–water partition coefficient (Wildman–Crippen LogP) is 2.30. The Bertz CT molecular complexity index is 629. The molecule has 1 atom stereocenters. The van der Waals surface area contributed by atoms with E-state index in [-0.39, 0.29) is 23.0 Å². The van der Waals surface area contributed by atoms with Crippen LogP contribution in [0.5, 0.6) is 0 Å². The van der Waals surface area contributed by atoms with Crippen molar-refractivity contribution in [1.29, 1.82) is 0 Å². The van der Waals surface area contributed by atoms with E-state index in [1.54, 1.807) is 0 Å². The molecule has 0 saturated carbocycles. The van der Waals surface area contributed by atoms with Gasteiger partial charge < -0.3 is 10.5 Å². The fourth-order valence-electron chi connectivity index (χ4n) is 2.24. The first kappa shape index (κ1) is 17.0. The van der Waals surface area contributed by atoms with Crippen LogP contribution >= 0.6 is 23.2 Å². The molecule has 21 heavy (non-hydrogen) atoms. The molecule has 3 N–H and O–H groups in total. The number of halogens is 2. The second kappa shape index (κ2) is 6.40. The molecule has 1 heterocycles. The number of ether oxygens (including phenoxy) is 1. The van der Waals surface area contributed by atoms with Crippen molar-refractivity contribution in [3.63, 3.8) is 0 Å². The zero-order valence-corrected chi connectivity index (χ0v) is 14.0. The highest BCUT2D eigenvalue weighted by atomic mass is 35.5. The smallest absolute Gasteiger partial charge is 0.242 e. The molecule has 0 amide bonds. The molecular weight excluding hydrogens is 335 g/mol. The Kier molecular flexibility index (Phi) is 5.18. The van der Waals surface area contributed by atoms with Crippen molar-refractivity contribution in [3.8, 4) is 0 Å². The van der Waals surface area contributed by atoms with Gasteiger partial charge in [0.15, 0.2) is 0 Å². The van der Waals surface area contributed by atoms with Gasteiger partial charge in [0.2, 0.25) is 10.0 Å². The maximum absolute atomic E-state index is 12.4. The first-order valence-electron chi connectivity index (χ1n) is 6.59. The SMILES string of the molecule is CC1(CNS(=O)(=O)c2cc(CN)c(Cl)cc2Cl)CCCO1. The number of nitrogens with one attached hydrogen (secondary N) is 1. The summed E-state index contributed by atoms with van der Waals surface area (Å²) in [5, 5.41) is 0.426. The molecule has 8 heteroatoms. The maximum atomic E-state index is 12.4. The quantitative estimate of drug-likeness (QED) is 0.851. The lowest BCUT2D eigenvalue weighted by Crippen LogP contribution is -2.40. The van der Waals surface area contributed by atoms with Crippen molar-refractivity contribution < 1.29 is 13.2 Å². The summed E-state index contributed by atoms with van der Waals surface area (Å²) < 4.78 is 32.9. The van der Waals surface area contributed by atoms with Crippen molar-refractivity contribution in [2.75, 3.05) is 13.2 Å². The zero-order chi connectivity index (χ0) is 15.7. The highest BCUT2D eigenvalue weighted by Gasteiger charge is 2.32. The van der Waals surface area contributed by atoms with Gasteiger partial charge in [-0.2, -0.15) is 0 Å². The van der Waals surface area contributed by atoms with Gasteiger partial charge in [-0.1, -0.05) is 23.2 Å². The highest BCUT2D eigenvalue weighted by Crippen LogP contribution is 2.29. The molecular formula is C13H18Cl2N2O3S. The van der Waals surface area contributed by atoms with E-state index in [0.717, 1.165) is 12.8 Å². The largest absolute Gasteiger partial charge is 0.374 e. The minimum Gasteiger partial charge on any atom is -0.374 e. The van der Waals surface area contributed by atoms with Crippen LogP contribution in [0.15, 0.2) is 17.0 Å². The number of nitrogens with two attached hydrogens (primary N) is 1. The third kappa shape index (κ3) is 3.88. The topological polar surface area (TPSA) is 81.4 Å². The lowest BCUT2D eigenvalue weighted by molar-refractivity contribution is 0.0250. The van der Waals surface area contributed by atoms with Crippen LogP contribution in [0.2, 0.25) is 10.0 Å². The molecule has 1 aromatic rings. The third-order valence-electron chi connectivity index (χ3n) is 3.55. The van der Waals surface area contributed by atoms with Crippen LogP contribution in [0, 0.1) is 0 Å². The normalized spacial score (nSPS) is 22.7. The molecule has 118 valence electrons. The van der Waals surface area contributed by atoms with Crippen LogP contribution in [-0.2, 0) is 21.3 Å². The molecule has 2 rings (SSSR count). The van der Waals surface area contributed by atoms with Gasteiger partial charge in [-0.05, 0) is 37.5 Å². The second-order valence-corrected chi connectivity index (χ2v) is 7.85. The first-order valence-corrected chi connectivity index (χ1v) is 8.83. The first-order chi connectivity index (χ1) is 9.77. The molecule has 0 bridgehead atoms. The summed E-state index contributed by atoms with van der Waals surface area (Å²) in [5.41, 5.74) is 5.61. The van der Waals surface area contributed by atoms with E-state index in [2.05, 4.69) is 4.72 Å². The molecule has 0 radical (unpaired) electrons. The molecule has 1 saturated heterocycles. The molecule has 1 unspecified atom stereocenters. The summed E-state index contributed by atoms with van der Waals surface area (Å²) >= 11 is 12.0. The van der Waals surface area contributed by atoms with Crippen LogP contribution in [-0.4, -0.2) is 27.2 Å². The average molecular weight is 353 g/mol. The summed E-state index contributed by atoms with van der Waals surface area (Å²) in [6.45, 7) is 2.88. The van der Waals surface area contributed by atoms with E-state index in [1.807, 2.05) is 6.92 Å². The Morgan fingerprint density at radius 1 is 1.38 bits per heavy atom. The van der Waals surface area contributed by atoms with Crippen LogP contribution in [0.3, 0.4) is 0 Å². The van der Waals surface area contributed by atoms with Crippen molar-refractivity contribution in [1.82, 2.24) is 4.72 Å². The van der Waals surface area contributed by atoms with Gasteiger partial charge in [-0.25, -0.2) is 13.1 Å². The predicted molar refractivity (Wildman–Crippen MR) is 83.1 cm³/mol. The van der Waals surface area contributed by atoms with Crippen LogP contribution in [0.4, 0.5) is 0 Å². The van der Waals surface area contributed by atoms with Crippen molar-refractivity contribution in [2.24, 2.45) is 5.73 Å². The molecule has 1 aliphatic heterocycles.